The van der Waals surface area contributed by atoms with Crippen LogP contribution < -0.4 is 5.56 Å². The van der Waals surface area contributed by atoms with Crippen LogP contribution in [0.3, 0.4) is 0 Å². The molecule has 10 heteroatoms. The molecule has 26 heavy (non-hydrogen) atoms. The number of nitrogens with zero attached hydrogens (tertiary/aromatic N) is 3. The Morgan fingerprint density at radius 3 is 2.62 bits per heavy atom. The van der Waals surface area contributed by atoms with E-state index in [9.17, 15) is 13.2 Å². The summed E-state index contributed by atoms with van der Waals surface area (Å²) in [5.41, 5.74) is 0.650. The smallest absolute Gasteiger partial charge is 0.263 e. The number of hydrogen-bond donors (Lipinski definition) is 1. The lowest BCUT2D eigenvalue weighted by atomic mass is 10.1. The monoisotopic (exact) mass is 418 g/mol. The van der Waals surface area contributed by atoms with Crippen molar-refractivity contribution in [2.24, 2.45) is 0 Å². The molecule has 1 aromatic carbocycles. The van der Waals surface area contributed by atoms with Crippen molar-refractivity contribution in [2.45, 2.75) is 18.0 Å². The van der Waals surface area contributed by atoms with Crippen LogP contribution >= 0.6 is 24.0 Å². The summed E-state index contributed by atoms with van der Waals surface area (Å²) in [7, 11) is 0.309. The number of aromatic amines is 1. The number of benzene rings is 1. The summed E-state index contributed by atoms with van der Waals surface area (Å²) in [5.74, 6) is 0. The first-order valence-corrected chi connectivity index (χ1v) is 10.0. The zero-order valence-corrected chi connectivity index (χ0v) is 17.0. The standard InChI is InChI=1S/C16H19ClN4O3S.ClH/c1-20(2)7-4-8-21-12-6-5-10(17)9-11(12)14-13(16(21)22)15(19-18-14)25(3,23)24;/h5-6,9H,4,7-8H2,1-3H3,(H,18,19);1H. The minimum absolute atomic E-state index is 0. The summed E-state index contributed by atoms with van der Waals surface area (Å²) in [6.45, 7) is 1.28. The van der Waals surface area contributed by atoms with E-state index < -0.39 is 9.84 Å². The number of aromatic nitrogens is 3. The van der Waals surface area contributed by atoms with Gasteiger partial charge in [-0.2, -0.15) is 5.10 Å². The number of hydrogen-bond acceptors (Lipinski definition) is 5. The number of aryl methyl sites for hydroxylation is 1. The predicted molar refractivity (Wildman–Crippen MR) is 106 cm³/mol. The minimum Gasteiger partial charge on any atom is -0.309 e. The van der Waals surface area contributed by atoms with Gasteiger partial charge in [0.2, 0.25) is 0 Å². The van der Waals surface area contributed by atoms with Crippen molar-refractivity contribution in [3.05, 3.63) is 33.6 Å². The van der Waals surface area contributed by atoms with Crippen LogP contribution in [0.25, 0.3) is 21.8 Å². The van der Waals surface area contributed by atoms with Crippen LogP contribution in [0.5, 0.6) is 0 Å². The zero-order valence-electron chi connectivity index (χ0n) is 14.6. The van der Waals surface area contributed by atoms with Crippen molar-refractivity contribution in [3.8, 4) is 0 Å². The predicted octanol–water partition coefficient (Wildman–Crippen LogP) is 2.31. The van der Waals surface area contributed by atoms with Crippen molar-refractivity contribution in [1.29, 1.82) is 0 Å². The molecule has 0 saturated heterocycles. The number of pyridine rings is 1. The maximum absolute atomic E-state index is 13.0. The number of fused-ring (bicyclic) bond motifs is 3. The average molecular weight is 419 g/mol. The number of nitrogens with one attached hydrogen (secondary N) is 1. The van der Waals surface area contributed by atoms with E-state index in [0.29, 0.717) is 28.0 Å². The van der Waals surface area contributed by atoms with Gasteiger partial charge in [0.25, 0.3) is 5.56 Å². The van der Waals surface area contributed by atoms with E-state index >= 15 is 0 Å². The molecule has 3 rings (SSSR count). The fraction of sp³-hybridized carbons (Fsp3) is 0.375. The molecule has 0 atom stereocenters. The summed E-state index contributed by atoms with van der Waals surface area (Å²) in [6.07, 6.45) is 1.81. The third kappa shape index (κ3) is 3.73. The maximum Gasteiger partial charge on any atom is 0.263 e. The number of H-pyrrole nitrogens is 1. The molecule has 3 aromatic rings. The molecule has 2 aromatic heterocycles. The van der Waals surface area contributed by atoms with E-state index in [2.05, 4.69) is 10.2 Å². The van der Waals surface area contributed by atoms with Gasteiger partial charge in [0.15, 0.2) is 14.9 Å². The summed E-state index contributed by atoms with van der Waals surface area (Å²) in [4.78, 5) is 15.1. The Balaban J connectivity index is 0.00000243. The molecule has 0 bridgehead atoms. The second kappa shape index (κ2) is 7.56. The molecule has 0 unspecified atom stereocenters. The largest absolute Gasteiger partial charge is 0.309 e. The summed E-state index contributed by atoms with van der Waals surface area (Å²) in [5, 5.41) is 7.66. The Bertz CT molecular complexity index is 1120. The topological polar surface area (TPSA) is 88.1 Å². The summed E-state index contributed by atoms with van der Waals surface area (Å²) in [6, 6.07) is 5.18. The fourth-order valence-electron chi connectivity index (χ4n) is 2.93. The van der Waals surface area contributed by atoms with Crippen molar-refractivity contribution < 1.29 is 8.42 Å². The first kappa shape index (κ1) is 20.7. The van der Waals surface area contributed by atoms with Gasteiger partial charge in [-0.25, -0.2) is 8.42 Å². The Kier molecular flexibility index (Phi) is 6.02. The van der Waals surface area contributed by atoms with Crippen LogP contribution in [0.1, 0.15) is 6.42 Å². The van der Waals surface area contributed by atoms with Crippen LogP contribution in [0.2, 0.25) is 5.02 Å². The second-order valence-corrected chi connectivity index (χ2v) is 8.71. The molecule has 0 saturated carbocycles. The van der Waals surface area contributed by atoms with E-state index in [1.165, 1.54) is 0 Å². The molecular formula is C16H20Cl2N4O3S. The van der Waals surface area contributed by atoms with Gasteiger partial charge in [-0.05, 0) is 45.3 Å². The first-order chi connectivity index (χ1) is 11.7. The first-order valence-electron chi connectivity index (χ1n) is 7.75. The highest BCUT2D eigenvalue weighted by Gasteiger charge is 2.22. The second-order valence-electron chi connectivity index (χ2n) is 6.32. The molecule has 142 valence electrons. The number of halogens is 2. The molecule has 0 amide bonds. The highest BCUT2D eigenvalue weighted by Crippen LogP contribution is 2.27. The summed E-state index contributed by atoms with van der Waals surface area (Å²) >= 11 is 6.10. The highest BCUT2D eigenvalue weighted by molar-refractivity contribution is 7.90. The third-order valence-corrected chi connectivity index (χ3v) is 5.33. The number of sulfone groups is 1. The minimum atomic E-state index is -3.61. The number of rotatable bonds is 5. The lowest BCUT2D eigenvalue weighted by Crippen LogP contribution is -2.24. The van der Waals surface area contributed by atoms with E-state index in [1.807, 2.05) is 19.0 Å². The van der Waals surface area contributed by atoms with Crippen molar-refractivity contribution >= 4 is 55.7 Å². The zero-order chi connectivity index (χ0) is 18.4. The van der Waals surface area contributed by atoms with Crippen LogP contribution in [0, 0.1) is 0 Å². The van der Waals surface area contributed by atoms with E-state index in [0.717, 1.165) is 19.2 Å². The fourth-order valence-corrected chi connectivity index (χ4v) is 3.87. The van der Waals surface area contributed by atoms with Crippen LogP contribution in [-0.4, -0.2) is 55.0 Å². The van der Waals surface area contributed by atoms with Crippen LogP contribution in [-0.2, 0) is 16.4 Å². The van der Waals surface area contributed by atoms with Crippen LogP contribution in [0.15, 0.2) is 28.0 Å². The van der Waals surface area contributed by atoms with Gasteiger partial charge < -0.3 is 9.47 Å². The third-order valence-electron chi connectivity index (χ3n) is 4.05. The molecule has 0 fully saturated rings. The summed E-state index contributed by atoms with van der Waals surface area (Å²) < 4.78 is 25.7. The molecule has 1 N–H and O–H groups in total. The quantitative estimate of drug-likeness (QED) is 0.686. The van der Waals surface area contributed by atoms with E-state index in [1.54, 1.807) is 22.8 Å². The highest BCUT2D eigenvalue weighted by atomic mass is 35.5. The van der Waals surface area contributed by atoms with Crippen LogP contribution in [0.4, 0.5) is 0 Å². The van der Waals surface area contributed by atoms with Crippen molar-refractivity contribution in [2.75, 3.05) is 26.9 Å². The molecule has 0 aliphatic carbocycles. The van der Waals surface area contributed by atoms with Gasteiger partial charge in [0, 0.05) is 23.2 Å². The molecule has 2 heterocycles. The molecule has 0 spiro atoms. The van der Waals surface area contributed by atoms with Gasteiger partial charge in [0.1, 0.15) is 10.9 Å². The Hall–Kier alpha value is -1.61. The molecule has 0 radical (unpaired) electrons. The Morgan fingerprint density at radius 2 is 2.00 bits per heavy atom. The molecular weight excluding hydrogens is 399 g/mol. The van der Waals surface area contributed by atoms with Gasteiger partial charge in [-0.3, -0.25) is 9.89 Å². The van der Waals surface area contributed by atoms with Gasteiger partial charge in [0.05, 0.1) is 5.52 Å². The lowest BCUT2D eigenvalue weighted by molar-refractivity contribution is 0.387. The van der Waals surface area contributed by atoms with E-state index in [4.69, 9.17) is 11.6 Å². The normalized spacial score (nSPS) is 12.0. The lowest BCUT2D eigenvalue weighted by Gasteiger charge is -2.14. The Labute approximate surface area is 162 Å². The maximum atomic E-state index is 13.0. The van der Waals surface area contributed by atoms with Crippen molar-refractivity contribution in [1.82, 2.24) is 19.7 Å². The van der Waals surface area contributed by atoms with Gasteiger partial charge in [-0.15, -0.1) is 12.4 Å². The molecule has 7 nitrogen and oxygen atoms in total. The van der Waals surface area contributed by atoms with E-state index in [-0.39, 0.29) is 28.4 Å². The van der Waals surface area contributed by atoms with Gasteiger partial charge in [-0.1, -0.05) is 11.6 Å². The van der Waals surface area contributed by atoms with Gasteiger partial charge >= 0.3 is 0 Å². The molecule has 0 aliphatic heterocycles. The Morgan fingerprint density at radius 1 is 1.31 bits per heavy atom. The molecule has 0 aliphatic rings. The average Bonchev–Trinajstić information content (AvgIpc) is 2.96. The van der Waals surface area contributed by atoms with Crippen molar-refractivity contribution in [3.63, 3.8) is 0 Å². The SMILES string of the molecule is CN(C)CCCn1c(=O)c2c(S(C)(=O)=O)[nH]nc2c2cc(Cl)ccc21.Cl.